The van der Waals surface area contributed by atoms with E-state index in [0.29, 0.717) is 12.5 Å². The van der Waals surface area contributed by atoms with E-state index in [2.05, 4.69) is 44.6 Å². The average molecular weight is 288 g/mol. The molecule has 0 amide bonds. The summed E-state index contributed by atoms with van der Waals surface area (Å²) in [5.74, 6) is 1.51. The molecule has 0 radical (unpaired) electrons. The van der Waals surface area contributed by atoms with Gasteiger partial charge >= 0.3 is 0 Å². The fraction of sp³-hybridized carbons (Fsp3) is 0.636. The van der Waals surface area contributed by atoms with Crippen molar-refractivity contribution in [1.82, 2.24) is 9.97 Å². The van der Waals surface area contributed by atoms with E-state index in [4.69, 9.17) is 4.74 Å². The molecule has 0 unspecified atom stereocenters. The van der Waals surface area contributed by atoms with Gasteiger partial charge in [0.25, 0.3) is 0 Å². The van der Waals surface area contributed by atoms with Crippen molar-refractivity contribution >= 4 is 21.7 Å². The molecule has 0 aliphatic carbocycles. The van der Waals surface area contributed by atoms with Crippen LogP contribution in [0.15, 0.2) is 17.0 Å². The zero-order valence-corrected chi connectivity index (χ0v) is 11.6. The van der Waals surface area contributed by atoms with Crippen molar-refractivity contribution in [2.24, 2.45) is 5.92 Å². The lowest BCUT2D eigenvalue weighted by Gasteiger charge is -2.25. The molecule has 16 heavy (non-hydrogen) atoms. The van der Waals surface area contributed by atoms with E-state index in [1.54, 1.807) is 19.6 Å². The third-order valence-corrected chi connectivity index (χ3v) is 2.66. The van der Waals surface area contributed by atoms with Gasteiger partial charge in [-0.1, -0.05) is 13.8 Å². The van der Waals surface area contributed by atoms with Crippen molar-refractivity contribution in [1.29, 1.82) is 0 Å². The van der Waals surface area contributed by atoms with Crippen LogP contribution in [0.3, 0.4) is 0 Å². The quantitative estimate of drug-likeness (QED) is 0.805. The van der Waals surface area contributed by atoms with Gasteiger partial charge < -0.3 is 9.64 Å². The predicted octanol–water partition coefficient (Wildman–Crippen LogP) is 2.35. The topological polar surface area (TPSA) is 38.2 Å². The van der Waals surface area contributed by atoms with Crippen LogP contribution in [-0.2, 0) is 4.74 Å². The Morgan fingerprint density at radius 1 is 1.50 bits per heavy atom. The smallest absolute Gasteiger partial charge is 0.146 e. The first kappa shape index (κ1) is 13.4. The molecule has 90 valence electrons. The molecule has 0 atom stereocenters. The zero-order valence-electron chi connectivity index (χ0n) is 9.98. The molecule has 1 heterocycles. The zero-order chi connectivity index (χ0) is 12.0. The summed E-state index contributed by atoms with van der Waals surface area (Å²) in [6.07, 6.45) is 3.34. The van der Waals surface area contributed by atoms with Crippen molar-refractivity contribution in [3.8, 4) is 0 Å². The molecule has 5 heteroatoms. The fourth-order valence-electron chi connectivity index (χ4n) is 1.46. The molecule has 0 fully saturated rings. The highest BCUT2D eigenvalue weighted by Crippen LogP contribution is 2.22. The molecule has 1 rings (SSSR count). The monoisotopic (exact) mass is 287 g/mol. The lowest BCUT2D eigenvalue weighted by atomic mass is 10.2. The summed E-state index contributed by atoms with van der Waals surface area (Å²) >= 11 is 3.47. The third-order valence-electron chi connectivity index (χ3n) is 2.10. The predicted molar refractivity (Wildman–Crippen MR) is 68.7 cm³/mol. The number of ether oxygens (including phenoxy) is 1. The highest BCUT2D eigenvalue weighted by Gasteiger charge is 2.12. The summed E-state index contributed by atoms with van der Waals surface area (Å²) in [6, 6.07) is 0. The van der Waals surface area contributed by atoms with Crippen LogP contribution in [0, 0.1) is 5.92 Å². The fourth-order valence-corrected chi connectivity index (χ4v) is 1.94. The Balaban J connectivity index is 2.78. The molecule has 0 saturated carbocycles. The first-order chi connectivity index (χ1) is 7.65. The first-order valence-corrected chi connectivity index (χ1v) is 6.13. The minimum Gasteiger partial charge on any atom is -0.383 e. The summed E-state index contributed by atoms with van der Waals surface area (Å²) in [6.45, 7) is 6.87. The summed E-state index contributed by atoms with van der Waals surface area (Å²) in [5, 5.41) is 0. The lowest BCUT2D eigenvalue weighted by Crippen LogP contribution is -2.32. The highest BCUT2D eigenvalue weighted by molar-refractivity contribution is 9.10. The van der Waals surface area contributed by atoms with Gasteiger partial charge in [0.05, 0.1) is 11.1 Å². The van der Waals surface area contributed by atoms with Crippen LogP contribution in [0.4, 0.5) is 5.82 Å². The molecular formula is C11H18BrN3O. The van der Waals surface area contributed by atoms with Gasteiger partial charge in [-0.15, -0.1) is 0 Å². The van der Waals surface area contributed by atoms with E-state index in [-0.39, 0.29) is 0 Å². The number of halogens is 1. The van der Waals surface area contributed by atoms with E-state index in [1.807, 2.05) is 0 Å². The molecule has 0 N–H and O–H groups in total. The number of hydrogen-bond acceptors (Lipinski definition) is 4. The number of nitrogens with zero attached hydrogens (tertiary/aromatic N) is 3. The second-order valence-corrected chi connectivity index (χ2v) is 4.88. The molecule has 0 bridgehead atoms. The van der Waals surface area contributed by atoms with Gasteiger partial charge in [-0.05, 0) is 21.8 Å². The van der Waals surface area contributed by atoms with Crippen molar-refractivity contribution in [3.63, 3.8) is 0 Å². The Labute approximate surface area is 105 Å². The SMILES string of the molecule is COCCN(CC(C)C)c1ncncc1Br. The summed E-state index contributed by atoms with van der Waals surface area (Å²) in [5.41, 5.74) is 0. The Bertz CT molecular complexity index is 320. The molecule has 0 aromatic carbocycles. The molecule has 0 aliphatic rings. The molecule has 0 aliphatic heterocycles. The molecule has 1 aromatic heterocycles. The van der Waals surface area contributed by atoms with Gasteiger partial charge in [0.1, 0.15) is 12.1 Å². The Morgan fingerprint density at radius 3 is 2.81 bits per heavy atom. The molecule has 0 saturated heterocycles. The highest BCUT2D eigenvalue weighted by atomic mass is 79.9. The van der Waals surface area contributed by atoms with Crippen molar-refractivity contribution in [2.45, 2.75) is 13.8 Å². The molecule has 0 spiro atoms. The lowest BCUT2D eigenvalue weighted by molar-refractivity contribution is 0.204. The molecular weight excluding hydrogens is 270 g/mol. The minimum absolute atomic E-state index is 0.582. The minimum atomic E-state index is 0.582. The number of rotatable bonds is 6. The summed E-state index contributed by atoms with van der Waals surface area (Å²) < 4.78 is 6.04. The van der Waals surface area contributed by atoms with Crippen LogP contribution in [0.5, 0.6) is 0 Å². The summed E-state index contributed by atoms with van der Waals surface area (Å²) in [4.78, 5) is 10.5. The van der Waals surface area contributed by atoms with E-state index in [0.717, 1.165) is 23.4 Å². The van der Waals surface area contributed by atoms with Crippen LogP contribution >= 0.6 is 15.9 Å². The van der Waals surface area contributed by atoms with E-state index in [9.17, 15) is 0 Å². The maximum atomic E-state index is 5.11. The van der Waals surface area contributed by atoms with E-state index >= 15 is 0 Å². The van der Waals surface area contributed by atoms with Crippen molar-refractivity contribution in [2.75, 3.05) is 31.7 Å². The van der Waals surface area contributed by atoms with Crippen molar-refractivity contribution in [3.05, 3.63) is 17.0 Å². The number of aromatic nitrogens is 2. The van der Waals surface area contributed by atoms with Gasteiger partial charge in [0.15, 0.2) is 0 Å². The Kier molecular flexibility index (Phi) is 5.69. The second kappa shape index (κ2) is 6.81. The van der Waals surface area contributed by atoms with Gasteiger partial charge in [-0.2, -0.15) is 0 Å². The van der Waals surface area contributed by atoms with Gasteiger partial charge in [0, 0.05) is 26.4 Å². The second-order valence-electron chi connectivity index (χ2n) is 4.03. The number of methoxy groups -OCH3 is 1. The maximum Gasteiger partial charge on any atom is 0.146 e. The van der Waals surface area contributed by atoms with Crippen molar-refractivity contribution < 1.29 is 4.74 Å². The Morgan fingerprint density at radius 2 is 2.25 bits per heavy atom. The van der Waals surface area contributed by atoms with E-state index < -0.39 is 0 Å². The van der Waals surface area contributed by atoms with Gasteiger partial charge in [-0.3, -0.25) is 0 Å². The number of anilines is 1. The standard InChI is InChI=1S/C11H18BrN3O/c1-9(2)7-15(4-5-16-3)11-10(12)6-13-8-14-11/h6,8-9H,4-5,7H2,1-3H3. The number of hydrogen-bond donors (Lipinski definition) is 0. The average Bonchev–Trinajstić information content (AvgIpc) is 2.24. The van der Waals surface area contributed by atoms with Crippen LogP contribution in [0.2, 0.25) is 0 Å². The van der Waals surface area contributed by atoms with Crippen LogP contribution in [-0.4, -0.2) is 36.8 Å². The van der Waals surface area contributed by atoms with Crippen LogP contribution in [0.1, 0.15) is 13.8 Å². The third kappa shape index (κ3) is 4.06. The molecule has 4 nitrogen and oxygen atoms in total. The van der Waals surface area contributed by atoms with Gasteiger partial charge in [0.2, 0.25) is 0 Å². The van der Waals surface area contributed by atoms with Crippen LogP contribution < -0.4 is 4.90 Å². The normalized spacial score (nSPS) is 10.8. The Hall–Kier alpha value is -0.680. The maximum absolute atomic E-state index is 5.11. The van der Waals surface area contributed by atoms with Crippen LogP contribution in [0.25, 0.3) is 0 Å². The molecule has 1 aromatic rings. The van der Waals surface area contributed by atoms with E-state index in [1.165, 1.54) is 0 Å². The van der Waals surface area contributed by atoms with Gasteiger partial charge in [-0.25, -0.2) is 9.97 Å². The largest absolute Gasteiger partial charge is 0.383 e. The first-order valence-electron chi connectivity index (χ1n) is 5.34. The summed E-state index contributed by atoms with van der Waals surface area (Å²) in [7, 11) is 1.71.